The molecule has 4 nitrogen and oxygen atoms in total. The van der Waals surface area contributed by atoms with E-state index in [0.29, 0.717) is 15.1 Å². The summed E-state index contributed by atoms with van der Waals surface area (Å²) in [5.74, 6) is 1.05. The third-order valence-corrected chi connectivity index (χ3v) is 6.21. The highest BCUT2D eigenvalue weighted by Crippen LogP contribution is 2.30. The van der Waals surface area contributed by atoms with E-state index in [-0.39, 0.29) is 24.9 Å². The molecule has 0 saturated carbocycles. The van der Waals surface area contributed by atoms with Crippen LogP contribution in [-0.2, 0) is 24.3 Å². The van der Waals surface area contributed by atoms with Gasteiger partial charge in [0.15, 0.2) is 12.2 Å². The van der Waals surface area contributed by atoms with Crippen LogP contribution in [0.1, 0.15) is 17.8 Å². The Kier molecular flexibility index (Phi) is 6.79. The molecule has 1 N–H and O–H groups in total. The van der Waals surface area contributed by atoms with Crippen molar-refractivity contribution in [2.75, 3.05) is 5.32 Å². The fourth-order valence-electron chi connectivity index (χ4n) is 3.62. The Morgan fingerprint density at radius 1 is 1.14 bits per heavy atom. The first-order valence-electron chi connectivity index (χ1n) is 9.06. The molecule has 0 spiro atoms. The van der Waals surface area contributed by atoms with Crippen molar-refractivity contribution in [1.29, 1.82) is 0 Å². The zero-order chi connectivity index (χ0) is 19.8. The van der Waals surface area contributed by atoms with Crippen LogP contribution in [0.3, 0.4) is 0 Å². The van der Waals surface area contributed by atoms with Crippen molar-refractivity contribution in [3.05, 3.63) is 69.1 Å². The lowest BCUT2D eigenvalue weighted by molar-refractivity contribution is -0.690. The Bertz CT molecular complexity index is 1080. The van der Waals surface area contributed by atoms with Crippen LogP contribution in [-0.4, -0.2) is 10.5 Å². The number of hydrogen-bond acceptors (Lipinski definition) is 1. The standard InChI is InChI=1S/C21H18Cl3N3O.ClH/c1-13-15(22)4-2-5-18(13)25-20(28)12-26-11-19(27-9-3-6-21(26)27)14-7-8-16(23)17(24)10-14;/h2,4-5,7-8,10-11H,3,6,9,12H2,1H3;1H. The Morgan fingerprint density at radius 3 is 2.69 bits per heavy atom. The highest BCUT2D eigenvalue weighted by Gasteiger charge is 2.30. The van der Waals surface area contributed by atoms with E-state index in [1.807, 2.05) is 48.0 Å². The Hall–Kier alpha value is -1.72. The molecule has 0 aliphatic carbocycles. The molecule has 0 bridgehead atoms. The largest absolute Gasteiger partial charge is 1.00 e. The smallest absolute Gasteiger partial charge is 0.266 e. The van der Waals surface area contributed by atoms with E-state index in [1.165, 1.54) is 0 Å². The average Bonchev–Trinajstić information content (AvgIpc) is 3.25. The number of nitrogens with one attached hydrogen (secondary N) is 1. The van der Waals surface area contributed by atoms with E-state index in [4.69, 9.17) is 34.8 Å². The summed E-state index contributed by atoms with van der Waals surface area (Å²) in [6, 6.07) is 11.1. The maximum Gasteiger partial charge on any atom is 0.266 e. The van der Waals surface area contributed by atoms with Gasteiger partial charge in [0.05, 0.1) is 23.0 Å². The molecule has 1 amide bonds. The molecule has 0 saturated heterocycles. The van der Waals surface area contributed by atoms with Crippen molar-refractivity contribution in [2.45, 2.75) is 32.9 Å². The van der Waals surface area contributed by atoms with Crippen molar-refractivity contribution in [2.24, 2.45) is 0 Å². The number of carbonyl (C=O) groups excluding carboxylic acids is 1. The number of aromatic nitrogens is 2. The molecule has 0 radical (unpaired) electrons. The number of rotatable bonds is 4. The number of hydrogen-bond donors (Lipinski definition) is 1. The van der Waals surface area contributed by atoms with Gasteiger partial charge in [-0.05, 0) is 49.2 Å². The van der Waals surface area contributed by atoms with Gasteiger partial charge in [0.25, 0.3) is 11.7 Å². The first-order chi connectivity index (χ1) is 13.4. The van der Waals surface area contributed by atoms with Crippen LogP contribution >= 0.6 is 34.8 Å². The second-order valence-corrected chi connectivity index (χ2v) is 8.12. The Morgan fingerprint density at radius 2 is 1.93 bits per heavy atom. The van der Waals surface area contributed by atoms with Crippen molar-refractivity contribution in [1.82, 2.24) is 4.57 Å². The topological polar surface area (TPSA) is 37.9 Å². The minimum absolute atomic E-state index is 0. The van der Waals surface area contributed by atoms with Crippen LogP contribution in [0.25, 0.3) is 11.3 Å². The molecule has 8 heteroatoms. The Labute approximate surface area is 190 Å². The summed E-state index contributed by atoms with van der Waals surface area (Å²) in [5, 5.41) is 4.65. The number of fused-ring (bicyclic) bond motifs is 1. The summed E-state index contributed by atoms with van der Waals surface area (Å²) in [5.41, 5.74) is 3.62. The fourth-order valence-corrected chi connectivity index (χ4v) is 4.09. The number of halogens is 4. The van der Waals surface area contributed by atoms with Crippen molar-refractivity contribution < 1.29 is 21.8 Å². The molecule has 4 rings (SSSR count). The zero-order valence-corrected chi connectivity index (χ0v) is 18.7. The summed E-state index contributed by atoms with van der Waals surface area (Å²) in [6.45, 7) is 3.05. The van der Waals surface area contributed by atoms with Gasteiger partial charge >= 0.3 is 0 Å². The molecule has 0 unspecified atom stereocenters. The molecule has 29 heavy (non-hydrogen) atoms. The number of carbonyl (C=O) groups is 1. The SMILES string of the molecule is Cc1c(Cl)cccc1NC(=O)C[n+]1cc(-c2ccc(Cl)c(Cl)c2)n2c1CCC2.[Cl-]. The van der Waals surface area contributed by atoms with Crippen molar-refractivity contribution >= 4 is 46.4 Å². The first-order valence-corrected chi connectivity index (χ1v) is 10.2. The number of anilines is 1. The van der Waals surface area contributed by atoms with Crippen LogP contribution in [0.5, 0.6) is 0 Å². The second kappa shape index (κ2) is 8.97. The normalized spacial score (nSPS) is 12.4. The fraction of sp³-hybridized carbons (Fsp3) is 0.238. The van der Waals surface area contributed by atoms with Crippen LogP contribution < -0.4 is 22.3 Å². The number of amides is 1. The number of imidazole rings is 1. The lowest BCUT2D eigenvalue weighted by Crippen LogP contribution is -3.00. The summed E-state index contributed by atoms with van der Waals surface area (Å²) < 4.78 is 4.26. The number of benzene rings is 2. The maximum atomic E-state index is 12.7. The van der Waals surface area contributed by atoms with Gasteiger partial charge in [0.1, 0.15) is 6.20 Å². The van der Waals surface area contributed by atoms with E-state index in [0.717, 1.165) is 47.7 Å². The van der Waals surface area contributed by atoms with Gasteiger partial charge in [-0.15, -0.1) is 0 Å². The molecule has 2 aromatic carbocycles. The summed E-state index contributed by atoms with van der Waals surface area (Å²) in [6.07, 6.45) is 4.00. The molecule has 152 valence electrons. The van der Waals surface area contributed by atoms with Gasteiger partial charge in [0.2, 0.25) is 0 Å². The first kappa shape index (κ1) is 22.0. The molecular weight excluding hydrogens is 452 g/mol. The van der Waals surface area contributed by atoms with Crippen LogP contribution in [0, 0.1) is 6.92 Å². The predicted octanol–water partition coefficient (Wildman–Crippen LogP) is 2.30. The molecule has 1 aromatic heterocycles. The van der Waals surface area contributed by atoms with Gasteiger partial charge in [-0.2, -0.15) is 0 Å². The lowest BCUT2D eigenvalue weighted by atomic mass is 10.1. The molecule has 2 heterocycles. The molecule has 1 aliphatic rings. The van der Waals surface area contributed by atoms with Gasteiger partial charge in [-0.1, -0.05) is 40.9 Å². The summed E-state index contributed by atoms with van der Waals surface area (Å²) in [7, 11) is 0. The van der Waals surface area contributed by atoms with Gasteiger partial charge in [0, 0.05) is 16.3 Å². The van der Waals surface area contributed by atoms with E-state index in [1.54, 1.807) is 6.07 Å². The molecular formula is C21H19Cl4N3O. The third-order valence-electron chi connectivity index (χ3n) is 5.07. The van der Waals surface area contributed by atoms with E-state index >= 15 is 0 Å². The van der Waals surface area contributed by atoms with Crippen molar-refractivity contribution in [3.8, 4) is 11.3 Å². The molecule has 3 aromatic rings. The van der Waals surface area contributed by atoms with E-state index in [2.05, 4.69) is 9.88 Å². The third kappa shape index (κ3) is 4.41. The second-order valence-electron chi connectivity index (χ2n) is 6.90. The van der Waals surface area contributed by atoms with Gasteiger partial charge < -0.3 is 17.7 Å². The van der Waals surface area contributed by atoms with E-state index in [9.17, 15) is 4.79 Å². The molecule has 0 atom stereocenters. The van der Waals surface area contributed by atoms with Crippen LogP contribution in [0.15, 0.2) is 42.6 Å². The predicted molar refractivity (Wildman–Crippen MR) is 113 cm³/mol. The number of nitrogens with zero attached hydrogens (tertiary/aromatic N) is 2. The highest BCUT2D eigenvalue weighted by atomic mass is 35.5. The molecule has 1 aliphatic heterocycles. The molecule has 0 fully saturated rings. The van der Waals surface area contributed by atoms with E-state index < -0.39 is 0 Å². The van der Waals surface area contributed by atoms with Gasteiger partial charge in [-0.25, -0.2) is 9.13 Å². The lowest BCUT2D eigenvalue weighted by Gasteiger charge is -2.08. The van der Waals surface area contributed by atoms with Crippen LogP contribution in [0.2, 0.25) is 15.1 Å². The minimum Gasteiger partial charge on any atom is -1.00 e. The van der Waals surface area contributed by atoms with Crippen LogP contribution in [0.4, 0.5) is 5.69 Å². The quantitative estimate of drug-likeness (QED) is 0.583. The summed E-state index contributed by atoms with van der Waals surface area (Å²) in [4.78, 5) is 12.7. The minimum atomic E-state index is -0.0867. The monoisotopic (exact) mass is 469 g/mol. The highest BCUT2D eigenvalue weighted by molar-refractivity contribution is 6.42. The van der Waals surface area contributed by atoms with Crippen molar-refractivity contribution in [3.63, 3.8) is 0 Å². The zero-order valence-electron chi connectivity index (χ0n) is 15.7. The van der Waals surface area contributed by atoms with Gasteiger partial charge in [-0.3, -0.25) is 4.79 Å². The summed E-state index contributed by atoms with van der Waals surface area (Å²) >= 11 is 18.4. The Balaban J connectivity index is 0.00000240. The average molecular weight is 471 g/mol. The maximum absolute atomic E-state index is 12.7.